The maximum Gasteiger partial charge on any atom is 0.160 e. The van der Waals surface area contributed by atoms with Gasteiger partial charge in [0.05, 0.1) is 11.1 Å². The maximum absolute atomic E-state index is 5.03. The van der Waals surface area contributed by atoms with Gasteiger partial charge < -0.3 is 10.6 Å². The molecule has 0 aliphatic rings. The van der Waals surface area contributed by atoms with Crippen LogP contribution in [0, 0.1) is 27.7 Å². The first-order chi connectivity index (χ1) is 14.3. The fraction of sp³-hybridized carbons (Fsp3) is 0.444. The Kier molecular flexibility index (Phi) is 7.51. The van der Waals surface area contributed by atoms with Crippen molar-refractivity contribution in [2.45, 2.75) is 80.3 Å². The molecule has 0 saturated carbocycles. The van der Waals surface area contributed by atoms with Crippen LogP contribution >= 0.6 is 0 Å². The van der Waals surface area contributed by atoms with E-state index in [2.05, 4.69) is 127 Å². The van der Waals surface area contributed by atoms with Gasteiger partial charge in [0.15, 0.2) is 5.84 Å². The minimum atomic E-state index is -0.282. The van der Waals surface area contributed by atoms with Gasteiger partial charge in [-0.05, 0) is 91.5 Å². The summed E-state index contributed by atoms with van der Waals surface area (Å²) in [5, 5.41) is 7.18. The second-order valence-corrected chi connectivity index (χ2v) is 10.2. The van der Waals surface area contributed by atoms with Crippen LogP contribution in [-0.4, -0.2) is 22.8 Å². The summed E-state index contributed by atoms with van der Waals surface area (Å²) in [4.78, 5) is 9.71. The molecule has 0 radical (unpaired) electrons. The monoisotopic (exact) mass is 418 g/mol. The number of nitrogens with one attached hydrogen (secondary N) is 2. The number of aryl methyl sites for hydroxylation is 4. The van der Waals surface area contributed by atoms with Gasteiger partial charge in [0.1, 0.15) is 5.70 Å². The van der Waals surface area contributed by atoms with Crippen molar-refractivity contribution in [1.29, 1.82) is 0 Å². The predicted molar refractivity (Wildman–Crippen MR) is 137 cm³/mol. The van der Waals surface area contributed by atoms with Crippen molar-refractivity contribution in [2.75, 3.05) is 10.6 Å². The molecule has 0 spiro atoms. The minimum absolute atomic E-state index is 0.251. The van der Waals surface area contributed by atoms with E-state index in [0.29, 0.717) is 0 Å². The smallest absolute Gasteiger partial charge is 0.160 e. The van der Waals surface area contributed by atoms with Crippen LogP contribution in [0.25, 0.3) is 0 Å². The third kappa shape index (κ3) is 7.41. The minimum Gasteiger partial charge on any atom is -0.344 e. The van der Waals surface area contributed by atoms with Crippen LogP contribution < -0.4 is 10.6 Å². The average molecular weight is 419 g/mol. The number of anilines is 2. The molecule has 166 valence electrons. The van der Waals surface area contributed by atoms with Crippen LogP contribution in [-0.2, 0) is 0 Å². The van der Waals surface area contributed by atoms with Gasteiger partial charge in [-0.3, -0.25) is 4.99 Å². The zero-order valence-corrected chi connectivity index (χ0v) is 20.9. The van der Waals surface area contributed by atoms with E-state index in [0.717, 1.165) is 34.0 Å². The van der Waals surface area contributed by atoms with Crippen LogP contribution in [0.1, 0.15) is 63.8 Å². The second kappa shape index (κ2) is 9.53. The quantitative estimate of drug-likeness (QED) is 0.415. The van der Waals surface area contributed by atoms with E-state index in [9.17, 15) is 0 Å². The largest absolute Gasteiger partial charge is 0.344 e. The van der Waals surface area contributed by atoms with E-state index in [4.69, 9.17) is 4.99 Å². The van der Waals surface area contributed by atoms with Gasteiger partial charge in [-0.1, -0.05) is 36.4 Å². The fourth-order valence-corrected chi connectivity index (χ4v) is 3.11. The zero-order chi connectivity index (χ0) is 23.4. The van der Waals surface area contributed by atoms with Gasteiger partial charge >= 0.3 is 0 Å². The molecule has 0 saturated heterocycles. The van der Waals surface area contributed by atoms with E-state index in [1.54, 1.807) is 0 Å². The molecular formula is C27H38N4. The highest BCUT2D eigenvalue weighted by Crippen LogP contribution is 2.25. The summed E-state index contributed by atoms with van der Waals surface area (Å²) in [6, 6.07) is 12.6. The lowest BCUT2D eigenvalue weighted by atomic mass is 10.1. The normalized spacial score (nSPS) is 12.3. The molecule has 2 aromatic rings. The first-order valence-corrected chi connectivity index (χ1v) is 10.9. The Labute approximate surface area is 188 Å². The summed E-state index contributed by atoms with van der Waals surface area (Å²) in [5.74, 6) is 4.00. The van der Waals surface area contributed by atoms with Crippen molar-refractivity contribution in [2.24, 2.45) is 9.98 Å². The molecule has 0 aromatic heterocycles. The molecule has 0 atom stereocenters. The highest BCUT2D eigenvalue weighted by molar-refractivity contribution is 6.15. The lowest BCUT2D eigenvalue weighted by Gasteiger charge is -2.22. The SMILES string of the molecule is Cc1cccc(C)c1NC(=C=NC(C)(C)C)C(=NC(C)(C)C)Nc1c(C)cccc1C. The van der Waals surface area contributed by atoms with Crippen LogP contribution in [0.15, 0.2) is 52.1 Å². The molecule has 2 rings (SSSR count). The highest BCUT2D eigenvalue weighted by Gasteiger charge is 2.18. The van der Waals surface area contributed by atoms with E-state index in [1.807, 2.05) is 0 Å². The summed E-state index contributed by atoms with van der Waals surface area (Å²) in [5.41, 5.74) is 6.97. The maximum atomic E-state index is 5.03. The number of rotatable bonds is 4. The van der Waals surface area contributed by atoms with Crippen LogP contribution in [0.4, 0.5) is 11.4 Å². The van der Waals surface area contributed by atoms with Gasteiger partial charge in [-0.25, -0.2) is 4.99 Å². The third-order valence-electron chi connectivity index (χ3n) is 4.64. The Hall–Kier alpha value is -2.84. The topological polar surface area (TPSA) is 48.8 Å². The van der Waals surface area contributed by atoms with Crippen molar-refractivity contribution in [3.63, 3.8) is 0 Å². The van der Waals surface area contributed by atoms with E-state index in [1.165, 1.54) is 11.1 Å². The summed E-state index contributed by atoms with van der Waals surface area (Å²) in [6.07, 6.45) is 0. The molecule has 2 N–H and O–H groups in total. The number of hydrogen-bond donors (Lipinski definition) is 2. The Bertz CT molecular complexity index is 984. The number of amidine groups is 1. The van der Waals surface area contributed by atoms with Crippen LogP contribution in [0.5, 0.6) is 0 Å². The summed E-state index contributed by atoms with van der Waals surface area (Å²) in [7, 11) is 0. The number of aliphatic imine (C=N–C) groups is 2. The van der Waals surface area contributed by atoms with E-state index in [-0.39, 0.29) is 11.1 Å². The van der Waals surface area contributed by atoms with Gasteiger partial charge in [-0.15, -0.1) is 0 Å². The molecule has 0 unspecified atom stereocenters. The van der Waals surface area contributed by atoms with Crippen molar-refractivity contribution in [1.82, 2.24) is 0 Å². The molecule has 0 aliphatic carbocycles. The standard InChI is InChI=1S/C27H38N4/c1-18-13-11-14-19(2)23(18)29-22(17-28-26(5,6)7)25(31-27(8,9)10)30-24-20(3)15-12-16-21(24)4/h11-16,29H,1-10H3,(H,30,31). The van der Waals surface area contributed by atoms with Gasteiger partial charge in [0, 0.05) is 17.2 Å². The average Bonchev–Trinajstić information content (AvgIpc) is 2.61. The number of nitrogens with zero attached hydrogens (tertiary/aromatic N) is 2. The summed E-state index contributed by atoms with van der Waals surface area (Å²) >= 11 is 0. The molecule has 4 heteroatoms. The van der Waals surface area contributed by atoms with Crippen molar-refractivity contribution in [3.05, 3.63) is 64.3 Å². The predicted octanol–water partition coefficient (Wildman–Crippen LogP) is 6.99. The molecule has 0 bridgehead atoms. The molecule has 2 aromatic carbocycles. The lowest BCUT2D eigenvalue weighted by molar-refractivity contribution is 0.583. The fourth-order valence-electron chi connectivity index (χ4n) is 3.11. The Morgan fingerprint density at radius 1 is 0.677 bits per heavy atom. The van der Waals surface area contributed by atoms with Crippen molar-refractivity contribution in [3.8, 4) is 0 Å². The van der Waals surface area contributed by atoms with Gasteiger partial charge in [-0.2, -0.15) is 0 Å². The first-order valence-electron chi connectivity index (χ1n) is 10.9. The van der Waals surface area contributed by atoms with Gasteiger partial charge in [0.2, 0.25) is 0 Å². The summed E-state index contributed by atoms with van der Waals surface area (Å²) in [6.45, 7) is 20.9. The first kappa shape index (κ1) is 24.4. The lowest BCUT2D eigenvalue weighted by Crippen LogP contribution is -2.27. The molecule has 4 nitrogen and oxygen atoms in total. The number of para-hydroxylation sites is 2. The Morgan fingerprint density at radius 3 is 1.48 bits per heavy atom. The molecule has 0 aliphatic heterocycles. The Morgan fingerprint density at radius 2 is 1.10 bits per heavy atom. The highest BCUT2D eigenvalue weighted by atomic mass is 15.1. The molecule has 0 amide bonds. The van der Waals surface area contributed by atoms with Crippen molar-refractivity contribution < 1.29 is 0 Å². The van der Waals surface area contributed by atoms with Crippen LogP contribution in [0.3, 0.4) is 0 Å². The van der Waals surface area contributed by atoms with Crippen molar-refractivity contribution >= 4 is 23.1 Å². The molecule has 31 heavy (non-hydrogen) atoms. The van der Waals surface area contributed by atoms with Gasteiger partial charge in [0.25, 0.3) is 0 Å². The summed E-state index contributed by atoms with van der Waals surface area (Å²) < 4.78 is 0. The van der Waals surface area contributed by atoms with E-state index < -0.39 is 0 Å². The Balaban J connectivity index is 2.70. The molecule has 0 heterocycles. The number of hydrogen-bond acceptors (Lipinski definition) is 3. The zero-order valence-electron chi connectivity index (χ0n) is 20.9. The molecule has 0 fully saturated rings. The number of benzene rings is 2. The second-order valence-electron chi connectivity index (χ2n) is 10.2. The third-order valence-corrected chi connectivity index (χ3v) is 4.64. The molecular weight excluding hydrogens is 380 g/mol. The van der Waals surface area contributed by atoms with E-state index >= 15 is 0 Å². The van der Waals surface area contributed by atoms with Crippen LogP contribution in [0.2, 0.25) is 0 Å².